The molecule has 0 aliphatic carbocycles. The monoisotopic (exact) mass is 634 g/mol. The molecule has 1 fully saturated rings. The SMILES string of the molecule is Cc1cc(Cl)cc(CCC(=O)NC(Cc2ccccc2)C(=O)N[C@H](C(=O)C(F)(F)C(=O)NCCN2CCOCC2)C(C)C)c1. The van der Waals surface area contributed by atoms with Gasteiger partial charge >= 0.3 is 5.92 Å². The average molecular weight is 635 g/mol. The highest BCUT2D eigenvalue weighted by atomic mass is 35.5. The fourth-order valence-electron chi connectivity index (χ4n) is 4.90. The van der Waals surface area contributed by atoms with Crippen molar-refractivity contribution < 1.29 is 32.7 Å². The molecule has 0 radical (unpaired) electrons. The fourth-order valence-corrected chi connectivity index (χ4v) is 5.21. The molecule has 3 rings (SSSR count). The lowest BCUT2D eigenvalue weighted by molar-refractivity contribution is -0.161. The Morgan fingerprint density at radius 2 is 1.68 bits per heavy atom. The van der Waals surface area contributed by atoms with Crippen molar-refractivity contribution in [2.24, 2.45) is 5.92 Å². The minimum atomic E-state index is -4.37. The molecule has 2 atom stereocenters. The van der Waals surface area contributed by atoms with Gasteiger partial charge in [-0.1, -0.05) is 61.8 Å². The Hall–Kier alpha value is -3.41. The summed E-state index contributed by atoms with van der Waals surface area (Å²) in [4.78, 5) is 53.8. The Balaban J connectivity index is 1.67. The number of hydrogen-bond donors (Lipinski definition) is 3. The van der Waals surface area contributed by atoms with E-state index in [1.807, 2.05) is 17.9 Å². The molecule has 0 bridgehead atoms. The molecular weight excluding hydrogens is 594 g/mol. The second-order valence-corrected chi connectivity index (χ2v) is 11.8. The van der Waals surface area contributed by atoms with Gasteiger partial charge in [0, 0.05) is 44.0 Å². The lowest BCUT2D eigenvalue weighted by Gasteiger charge is -2.28. The number of halogens is 3. The first-order valence-corrected chi connectivity index (χ1v) is 15.1. The first-order valence-electron chi connectivity index (χ1n) is 14.8. The number of carbonyl (C=O) groups is 4. The summed E-state index contributed by atoms with van der Waals surface area (Å²) in [7, 11) is 0. The van der Waals surface area contributed by atoms with Crippen LogP contribution in [-0.4, -0.2) is 85.8 Å². The maximum absolute atomic E-state index is 15.1. The molecule has 0 saturated carbocycles. The molecule has 3 N–H and O–H groups in total. The first kappa shape index (κ1) is 35.1. The standard InChI is InChI=1S/C32H41ClF2N4O5/c1-21(2)28(29(41)32(34,35)31(43)36-11-12-39-13-15-44-16-14-39)38-30(42)26(20-23-7-5-4-6-8-23)37-27(40)10-9-24-17-22(3)18-25(33)19-24/h4-8,17-19,21,26,28H,9-16,20H2,1-3H3,(H,36,43)(H,37,40)(H,38,42)/t26?,28-/m0/s1. The number of ketones is 1. The number of nitrogens with one attached hydrogen (secondary N) is 3. The molecule has 1 aliphatic rings. The van der Waals surface area contributed by atoms with Gasteiger partial charge in [-0.15, -0.1) is 0 Å². The van der Waals surface area contributed by atoms with Gasteiger partial charge in [-0.25, -0.2) is 0 Å². The zero-order valence-electron chi connectivity index (χ0n) is 25.3. The van der Waals surface area contributed by atoms with Crippen molar-refractivity contribution >= 4 is 35.1 Å². The van der Waals surface area contributed by atoms with E-state index in [0.717, 1.165) is 16.7 Å². The third-order valence-electron chi connectivity index (χ3n) is 7.34. The number of morpholine rings is 1. The second-order valence-electron chi connectivity index (χ2n) is 11.3. The number of nitrogens with zero attached hydrogens (tertiary/aromatic N) is 1. The molecule has 0 aromatic heterocycles. The Labute approximate surface area is 262 Å². The van der Waals surface area contributed by atoms with Crippen molar-refractivity contribution in [3.63, 3.8) is 0 Å². The van der Waals surface area contributed by atoms with Crippen LogP contribution in [0.3, 0.4) is 0 Å². The van der Waals surface area contributed by atoms with E-state index in [1.54, 1.807) is 42.5 Å². The smallest absolute Gasteiger partial charge is 0.379 e. The molecule has 0 spiro atoms. The van der Waals surface area contributed by atoms with E-state index in [4.69, 9.17) is 16.3 Å². The van der Waals surface area contributed by atoms with Crippen molar-refractivity contribution in [3.8, 4) is 0 Å². The van der Waals surface area contributed by atoms with Gasteiger partial charge in [0.15, 0.2) is 0 Å². The Morgan fingerprint density at radius 1 is 1.00 bits per heavy atom. The van der Waals surface area contributed by atoms with Gasteiger partial charge in [-0.3, -0.25) is 24.1 Å². The number of amides is 3. The molecule has 2 aromatic rings. The van der Waals surface area contributed by atoms with Gasteiger partial charge in [0.1, 0.15) is 6.04 Å². The minimum absolute atomic E-state index is 0.0492. The van der Waals surface area contributed by atoms with E-state index in [9.17, 15) is 19.2 Å². The van der Waals surface area contributed by atoms with Crippen LogP contribution in [0.1, 0.15) is 37.0 Å². The third kappa shape index (κ3) is 10.6. The summed E-state index contributed by atoms with van der Waals surface area (Å²) in [6.45, 7) is 7.42. The number of rotatable bonds is 15. The van der Waals surface area contributed by atoms with Crippen LogP contribution in [0.5, 0.6) is 0 Å². The van der Waals surface area contributed by atoms with Gasteiger partial charge in [-0.2, -0.15) is 8.78 Å². The first-order chi connectivity index (χ1) is 20.9. The van der Waals surface area contributed by atoms with E-state index in [0.29, 0.717) is 44.3 Å². The summed E-state index contributed by atoms with van der Waals surface area (Å²) in [5, 5.41) is 7.78. The van der Waals surface area contributed by atoms with Gasteiger partial charge in [0.2, 0.25) is 17.6 Å². The van der Waals surface area contributed by atoms with Gasteiger partial charge in [0.25, 0.3) is 5.91 Å². The van der Waals surface area contributed by atoms with Gasteiger partial charge in [0.05, 0.1) is 19.3 Å². The normalized spacial score (nSPS) is 15.3. The lowest BCUT2D eigenvalue weighted by atomic mass is 9.94. The van der Waals surface area contributed by atoms with Gasteiger partial charge < -0.3 is 20.7 Å². The highest BCUT2D eigenvalue weighted by Crippen LogP contribution is 2.21. The van der Waals surface area contributed by atoms with Crippen molar-refractivity contribution in [1.82, 2.24) is 20.9 Å². The third-order valence-corrected chi connectivity index (χ3v) is 7.55. The van der Waals surface area contributed by atoms with Crippen molar-refractivity contribution in [3.05, 3.63) is 70.2 Å². The van der Waals surface area contributed by atoms with Crippen LogP contribution < -0.4 is 16.0 Å². The van der Waals surface area contributed by atoms with Crippen LogP contribution in [0.2, 0.25) is 5.02 Å². The summed E-state index contributed by atoms with van der Waals surface area (Å²) in [5.41, 5.74) is 2.52. The highest BCUT2D eigenvalue weighted by molar-refractivity contribution is 6.30. The van der Waals surface area contributed by atoms with E-state index >= 15 is 8.78 Å². The molecule has 2 aromatic carbocycles. The number of hydrogen-bond acceptors (Lipinski definition) is 6. The Bertz CT molecular complexity index is 1270. The molecule has 44 heavy (non-hydrogen) atoms. The van der Waals surface area contributed by atoms with E-state index < -0.39 is 47.4 Å². The van der Waals surface area contributed by atoms with Crippen molar-refractivity contribution in [2.45, 2.75) is 58.0 Å². The molecule has 1 saturated heterocycles. The molecule has 1 unspecified atom stereocenters. The second kappa shape index (κ2) is 16.6. The lowest BCUT2D eigenvalue weighted by Crippen LogP contribution is -2.59. The van der Waals surface area contributed by atoms with Crippen LogP contribution >= 0.6 is 11.6 Å². The number of alkyl halides is 2. The fraction of sp³-hybridized carbons (Fsp3) is 0.500. The maximum atomic E-state index is 15.1. The van der Waals surface area contributed by atoms with Crippen LogP contribution in [0.4, 0.5) is 8.78 Å². The Morgan fingerprint density at radius 3 is 2.32 bits per heavy atom. The number of benzene rings is 2. The molecule has 3 amide bonds. The average Bonchev–Trinajstić information content (AvgIpc) is 2.98. The van der Waals surface area contributed by atoms with Crippen LogP contribution in [0.25, 0.3) is 0 Å². The van der Waals surface area contributed by atoms with Crippen molar-refractivity contribution in [1.29, 1.82) is 0 Å². The Kier molecular flexibility index (Phi) is 13.2. The van der Waals surface area contributed by atoms with E-state index in [-0.39, 0.29) is 19.4 Å². The molecule has 9 nitrogen and oxygen atoms in total. The number of ether oxygens (including phenoxy) is 1. The van der Waals surface area contributed by atoms with E-state index in [2.05, 4.69) is 16.0 Å². The summed E-state index contributed by atoms with van der Waals surface area (Å²) >= 11 is 6.12. The van der Waals surface area contributed by atoms with E-state index in [1.165, 1.54) is 13.8 Å². The number of Topliss-reactive ketones (excluding diaryl/α,β-unsaturated/α-hetero) is 1. The predicted molar refractivity (Wildman–Crippen MR) is 164 cm³/mol. The van der Waals surface area contributed by atoms with Crippen LogP contribution in [0.15, 0.2) is 48.5 Å². The minimum Gasteiger partial charge on any atom is -0.379 e. The zero-order valence-corrected chi connectivity index (χ0v) is 26.1. The topological polar surface area (TPSA) is 117 Å². The highest BCUT2D eigenvalue weighted by Gasteiger charge is 2.51. The largest absolute Gasteiger partial charge is 0.383 e. The molecule has 1 aliphatic heterocycles. The summed E-state index contributed by atoms with van der Waals surface area (Å²) in [5.74, 6) is -9.82. The zero-order chi connectivity index (χ0) is 32.3. The number of carbonyl (C=O) groups excluding carboxylic acids is 4. The summed E-state index contributed by atoms with van der Waals surface area (Å²) in [6, 6.07) is 11.5. The molecular formula is C32H41ClF2N4O5. The van der Waals surface area contributed by atoms with Crippen LogP contribution in [0, 0.1) is 12.8 Å². The number of aryl methyl sites for hydroxylation is 2. The molecule has 240 valence electrons. The summed E-state index contributed by atoms with van der Waals surface area (Å²) < 4.78 is 35.4. The maximum Gasteiger partial charge on any atom is 0.383 e. The summed E-state index contributed by atoms with van der Waals surface area (Å²) in [6.07, 6.45) is 0.479. The quantitative estimate of drug-likeness (QED) is 0.259. The molecule has 1 heterocycles. The van der Waals surface area contributed by atoms with Crippen molar-refractivity contribution in [2.75, 3.05) is 39.4 Å². The molecule has 12 heteroatoms. The van der Waals surface area contributed by atoms with Gasteiger partial charge in [-0.05, 0) is 48.1 Å². The van der Waals surface area contributed by atoms with Crippen LogP contribution in [-0.2, 0) is 36.8 Å². The predicted octanol–water partition coefficient (Wildman–Crippen LogP) is 3.10.